The summed E-state index contributed by atoms with van der Waals surface area (Å²) in [6.07, 6.45) is -4.79. The lowest BCUT2D eigenvalue weighted by Crippen LogP contribution is -2.49. The Hall–Kier alpha value is -2.13. The van der Waals surface area contributed by atoms with E-state index in [2.05, 4.69) is 4.90 Å². The highest BCUT2D eigenvalue weighted by atomic mass is 35.5. The van der Waals surface area contributed by atoms with E-state index in [1.54, 1.807) is 0 Å². The molecular weight excluding hydrogens is 445 g/mol. The molecule has 0 saturated carbocycles. The molecule has 174 valence electrons. The largest absolute Gasteiger partial charge is 0.416 e. The van der Waals surface area contributed by atoms with Gasteiger partial charge in [0.15, 0.2) is 0 Å². The number of morpholine rings is 1. The van der Waals surface area contributed by atoms with Crippen molar-refractivity contribution in [2.45, 2.75) is 18.8 Å². The molecule has 1 fully saturated rings. The minimum atomic E-state index is -4.51. The van der Waals surface area contributed by atoms with E-state index in [0.29, 0.717) is 24.7 Å². The summed E-state index contributed by atoms with van der Waals surface area (Å²) in [5.41, 5.74) is 0.139. The lowest BCUT2D eigenvalue weighted by atomic mass is 10.1. The van der Waals surface area contributed by atoms with Crippen molar-refractivity contribution in [3.63, 3.8) is 0 Å². The van der Waals surface area contributed by atoms with Crippen LogP contribution < -0.4 is 0 Å². The van der Waals surface area contributed by atoms with Crippen LogP contribution in [0, 0.1) is 0 Å². The Morgan fingerprint density at radius 2 is 2.03 bits per heavy atom. The third-order valence-corrected chi connectivity index (χ3v) is 5.66. The fourth-order valence-electron chi connectivity index (χ4n) is 3.64. The first-order valence-electron chi connectivity index (χ1n) is 10.3. The van der Waals surface area contributed by atoms with Gasteiger partial charge in [0.2, 0.25) is 0 Å². The van der Waals surface area contributed by atoms with Gasteiger partial charge >= 0.3 is 6.18 Å². The average Bonchev–Trinajstić information content (AvgIpc) is 2.77. The van der Waals surface area contributed by atoms with Crippen molar-refractivity contribution in [3.8, 4) is 0 Å². The fourth-order valence-corrected chi connectivity index (χ4v) is 3.83. The van der Waals surface area contributed by atoms with E-state index in [1.807, 2.05) is 24.3 Å². The van der Waals surface area contributed by atoms with Gasteiger partial charge in [-0.3, -0.25) is 9.69 Å². The molecule has 5 nitrogen and oxygen atoms in total. The van der Waals surface area contributed by atoms with Crippen molar-refractivity contribution in [2.75, 3.05) is 46.5 Å². The van der Waals surface area contributed by atoms with E-state index >= 15 is 0 Å². The summed E-state index contributed by atoms with van der Waals surface area (Å²) in [5.74, 6) is -0.486. The van der Waals surface area contributed by atoms with E-state index in [1.165, 1.54) is 24.1 Å². The first kappa shape index (κ1) is 24.5. The fraction of sp³-hybridized carbons (Fsp3) is 0.435. The molecule has 2 aromatic rings. The molecular formula is C23H26ClF3N2O3. The molecule has 1 amide bonds. The number of amides is 1. The van der Waals surface area contributed by atoms with Gasteiger partial charge in [0.1, 0.15) is 0 Å². The van der Waals surface area contributed by atoms with Crippen LogP contribution in [0.1, 0.15) is 21.5 Å². The second-order valence-corrected chi connectivity index (χ2v) is 8.05. The number of hydrogen-bond acceptors (Lipinski definition) is 4. The van der Waals surface area contributed by atoms with Crippen LogP contribution in [-0.4, -0.2) is 68.3 Å². The van der Waals surface area contributed by atoms with Gasteiger partial charge in [0.25, 0.3) is 5.91 Å². The Balaban J connectivity index is 1.69. The van der Waals surface area contributed by atoms with Gasteiger partial charge in [0, 0.05) is 50.4 Å². The number of hydrogen-bond donors (Lipinski definition) is 0. The summed E-state index contributed by atoms with van der Waals surface area (Å²) in [6.45, 7) is 3.20. The van der Waals surface area contributed by atoms with E-state index < -0.39 is 17.6 Å². The highest BCUT2D eigenvalue weighted by Crippen LogP contribution is 2.30. The van der Waals surface area contributed by atoms with Crippen molar-refractivity contribution in [3.05, 3.63) is 70.2 Å². The van der Waals surface area contributed by atoms with Crippen LogP contribution in [0.15, 0.2) is 48.5 Å². The standard InChI is InChI=1S/C23H26ClF3N2O3/c1-31-11-10-29(22(30)17-6-4-7-19(13-17)23(25,26)27)16-20-15-28(9-12-32-20)14-18-5-2-3-8-21(18)24/h2-8,13,20H,9-12,14-16H2,1H3/t20-/m1/s1. The zero-order valence-corrected chi connectivity index (χ0v) is 18.5. The number of nitrogens with zero attached hydrogens (tertiary/aromatic N) is 2. The summed E-state index contributed by atoms with van der Waals surface area (Å²) in [6, 6.07) is 12.1. The number of halogens is 4. The third kappa shape index (κ3) is 6.68. The van der Waals surface area contributed by atoms with Crippen LogP contribution in [-0.2, 0) is 22.2 Å². The van der Waals surface area contributed by atoms with Crippen molar-refractivity contribution in [1.29, 1.82) is 0 Å². The first-order valence-corrected chi connectivity index (χ1v) is 10.7. The Morgan fingerprint density at radius 1 is 1.25 bits per heavy atom. The van der Waals surface area contributed by atoms with Crippen molar-refractivity contribution in [2.24, 2.45) is 0 Å². The van der Waals surface area contributed by atoms with Crippen LogP contribution in [0.25, 0.3) is 0 Å². The second-order valence-electron chi connectivity index (χ2n) is 7.64. The first-order chi connectivity index (χ1) is 15.3. The van der Waals surface area contributed by atoms with E-state index in [-0.39, 0.29) is 31.4 Å². The molecule has 1 aliphatic heterocycles. The molecule has 0 aliphatic carbocycles. The van der Waals surface area contributed by atoms with Gasteiger partial charge in [-0.15, -0.1) is 0 Å². The number of methoxy groups -OCH3 is 1. The van der Waals surface area contributed by atoms with E-state index in [0.717, 1.165) is 24.2 Å². The van der Waals surface area contributed by atoms with E-state index in [9.17, 15) is 18.0 Å². The van der Waals surface area contributed by atoms with Crippen molar-refractivity contribution < 1.29 is 27.4 Å². The highest BCUT2D eigenvalue weighted by Gasteiger charge is 2.32. The summed E-state index contributed by atoms with van der Waals surface area (Å²) in [4.78, 5) is 16.7. The van der Waals surface area contributed by atoms with Gasteiger partial charge in [0.05, 0.1) is 24.9 Å². The molecule has 0 radical (unpaired) electrons. The molecule has 2 aromatic carbocycles. The third-order valence-electron chi connectivity index (χ3n) is 5.29. The molecule has 1 heterocycles. The maximum absolute atomic E-state index is 13.1. The van der Waals surface area contributed by atoms with Crippen molar-refractivity contribution in [1.82, 2.24) is 9.80 Å². The zero-order chi connectivity index (χ0) is 23.1. The molecule has 0 bridgehead atoms. The Morgan fingerprint density at radius 3 is 2.75 bits per heavy atom. The Bertz CT molecular complexity index is 910. The maximum Gasteiger partial charge on any atom is 0.416 e. The predicted octanol–water partition coefficient (Wildman–Crippen LogP) is 4.35. The van der Waals surface area contributed by atoms with Crippen LogP contribution in [0.4, 0.5) is 13.2 Å². The smallest absolute Gasteiger partial charge is 0.383 e. The molecule has 0 unspecified atom stereocenters. The summed E-state index contributed by atoms with van der Waals surface area (Å²) >= 11 is 6.27. The van der Waals surface area contributed by atoms with Crippen molar-refractivity contribution >= 4 is 17.5 Å². The Labute approximate surface area is 190 Å². The lowest BCUT2D eigenvalue weighted by Gasteiger charge is -2.36. The molecule has 1 saturated heterocycles. The number of rotatable bonds is 8. The molecule has 0 N–H and O–H groups in total. The quantitative estimate of drug-likeness (QED) is 0.575. The average molecular weight is 471 g/mol. The highest BCUT2D eigenvalue weighted by molar-refractivity contribution is 6.31. The summed E-state index contributed by atoms with van der Waals surface area (Å²) in [5, 5.41) is 0.692. The van der Waals surface area contributed by atoms with Gasteiger partial charge < -0.3 is 14.4 Å². The number of carbonyl (C=O) groups excluding carboxylic acids is 1. The number of benzene rings is 2. The molecule has 1 aliphatic rings. The SMILES string of the molecule is COCCN(C[C@H]1CN(Cc2ccccc2Cl)CCO1)C(=O)c1cccc(C(F)(F)F)c1. The molecule has 0 spiro atoms. The minimum Gasteiger partial charge on any atom is -0.383 e. The number of ether oxygens (including phenoxy) is 2. The lowest BCUT2D eigenvalue weighted by molar-refractivity contribution is -0.137. The second kappa shape index (κ2) is 11.1. The van der Waals surface area contributed by atoms with E-state index in [4.69, 9.17) is 21.1 Å². The Kier molecular flexibility index (Phi) is 8.53. The van der Waals surface area contributed by atoms with Crippen LogP contribution in [0.3, 0.4) is 0 Å². The molecule has 32 heavy (non-hydrogen) atoms. The summed E-state index contributed by atoms with van der Waals surface area (Å²) in [7, 11) is 1.51. The van der Waals surface area contributed by atoms with Crippen LogP contribution >= 0.6 is 11.6 Å². The number of carbonyl (C=O) groups is 1. The molecule has 9 heteroatoms. The monoisotopic (exact) mass is 470 g/mol. The van der Waals surface area contributed by atoms with Gasteiger partial charge in [-0.25, -0.2) is 0 Å². The van der Waals surface area contributed by atoms with Gasteiger partial charge in [-0.1, -0.05) is 35.9 Å². The maximum atomic E-state index is 13.1. The van der Waals surface area contributed by atoms with Gasteiger partial charge in [-0.2, -0.15) is 13.2 Å². The van der Waals surface area contributed by atoms with Crippen LogP contribution in [0.2, 0.25) is 5.02 Å². The minimum absolute atomic E-state index is 0.0142. The van der Waals surface area contributed by atoms with Gasteiger partial charge in [-0.05, 0) is 29.8 Å². The normalized spacial score (nSPS) is 17.3. The molecule has 1 atom stereocenters. The molecule has 3 rings (SSSR count). The topological polar surface area (TPSA) is 42.0 Å². The predicted molar refractivity (Wildman–Crippen MR) is 116 cm³/mol. The molecule has 0 aromatic heterocycles. The van der Waals surface area contributed by atoms with Crippen LogP contribution in [0.5, 0.6) is 0 Å². The zero-order valence-electron chi connectivity index (χ0n) is 17.8. The summed E-state index contributed by atoms with van der Waals surface area (Å²) < 4.78 is 50.2. The number of alkyl halides is 3.